The molecule has 1 aromatic carbocycles. The number of guanidine groups is 1. The van der Waals surface area contributed by atoms with Gasteiger partial charge in [0.25, 0.3) is 0 Å². The number of thiophene rings is 1. The van der Waals surface area contributed by atoms with E-state index in [2.05, 4.69) is 24.8 Å². The van der Waals surface area contributed by atoms with Gasteiger partial charge in [-0.15, -0.1) is 35.3 Å². The van der Waals surface area contributed by atoms with Crippen LogP contribution in [0.25, 0.3) is 0 Å². The number of halogens is 2. The van der Waals surface area contributed by atoms with Crippen LogP contribution in [0.15, 0.2) is 51.0 Å². The van der Waals surface area contributed by atoms with Gasteiger partial charge in [0.15, 0.2) is 5.96 Å². The van der Waals surface area contributed by atoms with Crippen molar-refractivity contribution >= 4 is 57.0 Å². The first kappa shape index (κ1) is 24.8. The Labute approximate surface area is 198 Å². The first-order valence-electron chi connectivity index (χ1n) is 9.56. The number of nitrogens with one attached hydrogen (secondary N) is 2. The van der Waals surface area contributed by atoms with Gasteiger partial charge in [0, 0.05) is 45.0 Å². The number of aliphatic imine (C=N–C) groups is 1. The van der Waals surface area contributed by atoms with Gasteiger partial charge in [-0.25, -0.2) is 17.5 Å². The highest BCUT2D eigenvalue weighted by Crippen LogP contribution is 2.17. The van der Waals surface area contributed by atoms with Crippen molar-refractivity contribution in [1.82, 2.24) is 14.9 Å². The first-order valence-corrected chi connectivity index (χ1v) is 11.9. The van der Waals surface area contributed by atoms with E-state index in [0.29, 0.717) is 10.8 Å². The summed E-state index contributed by atoms with van der Waals surface area (Å²) >= 11 is 1.19. The van der Waals surface area contributed by atoms with Crippen LogP contribution in [0, 0.1) is 5.82 Å². The number of anilines is 1. The zero-order valence-electron chi connectivity index (χ0n) is 16.8. The smallest absolute Gasteiger partial charge is 0.250 e. The minimum atomic E-state index is -3.46. The molecule has 30 heavy (non-hydrogen) atoms. The molecule has 0 aliphatic carbocycles. The lowest BCUT2D eigenvalue weighted by Crippen LogP contribution is -2.52. The number of nitrogens with zero attached hydrogens (tertiary/aromatic N) is 3. The van der Waals surface area contributed by atoms with Crippen molar-refractivity contribution in [3.8, 4) is 0 Å². The van der Waals surface area contributed by atoms with Gasteiger partial charge in [-0.1, -0.05) is 6.07 Å². The minimum absolute atomic E-state index is 0. The van der Waals surface area contributed by atoms with Crippen LogP contribution in [0.2, 0.25) is 0 Å². The van der Waals surface area contributed by atoms with Gasteiger partial charge in [-0.05, 0) is 42.6 Å². The Bertz CT molecular complexity index is 900. The zero-order chi connectivity index (χ0) is 20.7. The molecule has 166 valence electrons. The van der Waals surface area contributed by atoms with Gasteiger partial charge in [0.2, 0.25) is 10.0 Å². The van der Waals surface area contributed by atoms with E-state index in [1.165, 1.54) is 23.5 Å². The largest absolute Gasteiger partial charge is 0.368 e. The first-order chi connectivity index (χ1) is 14.0. The van der Waals surface area contributed by atoms with E-state index in [-0.39, 0.29) is 36.3 Å². The number of piperazine rings is 1. The molecule has 2 aromatic rings. The summed E-state index contributed by atoms with van der Waals surface area (Å²) in [6.45, 7) is 6.51. The van der Waals surface area contributed by atoms with Crippen LogP contribution in [0.3, 0.4) is 0 Å². The summed E-state index contributed by atoms with van der Waals surface area (Å²) in [6, 6.07) is 9.84. The van der Waals surface area contributed by atoms with E-state index in [4.69, 9.17) is 0 Å². The summed E-state index contributed by atoms with van der Waals surface area (Å²) in [5.41, 5.74) is 1.01. The molecule has 0 unspecified atom stereocenters. The maximum atomic E-state index is 13.1. The van der Waals surface area contributed by atoms with Crippen LogP contribution in [-0.4, -0.2) is 65.1 Å². The summed E-state index contributed by atoms with van der Waals surface area (Å²) in [7, 11) is -3.46. The van der Waals surface area contributed by atoms with E-state index in [0.717, 1.165) is 44.4 Å². The molecule has 0 bridgehead atoms. The molecule has 1 aliphatic rings. The molecule has 0 saturated carbocycles. The van der Waals surface area contributed by atoms with E-state index in [1.54, 1.807) is 29.6 Å². The average molecular weight is 567 g/mol. The summed E-state index contributed by atoms with van der Waals surface area (Å²) in [5.74, 6) is 0.547. The lowest BCUT2D eigenvalue weighted by molar-refractivity contribution is 0.372. The monoisotopic (exact) mass is 567 g/mol. The maximum Gasteiger partial charge on any atom is 0.250 e. The Morgan fingerprint density at radius 1 is 1.17 bits per heavy atom. The molecule has 11 heteroatoms. The highest BCUT2D eigenvalue weighted by atomic mass is 127. The normalized spacial score (nSPS) is 15.1. The van der Waals surface area contributed by atoms with Crippen LogP contribution in [0.1, 0.15) is 6.92 Å². The predicted octanol–water partition coefficient (Wildman–Crippen LogP) is 2.57. The third kappa shape index (κ3) is 6.79. The quantitative estimate of drug-likeness (QED) is 0.233. The molecule has 0 spiro atoms. The van der Waals surface area contributed by atoms with Gasteiger partial charge in [0.05, 0.1) is 6.54 Å². The van der Waals surface area contributed by atoms with Crippen molar-refractivity contribution < 1.29 is 12.8 Å². The van der Waals surface area contributed by atoms with Gasteiger partial charge >= 0.3 is 0 Å². The predicted molar refractivity (Wildman–Crippen MR) is 131 cm³/mol. The van der Waals surface area contributed by atoms with Gasteiger partial charge in [-0.3, -0.25) is 4.99 Å². The molecule has 3 rings (SSSR count). The Morgan fingerprint density at radius 2 is 1.87 bits per heavy atom. The van der Waals surface area contributed by atoms with E-state index >= 15 is 0 Å². The molecular formula is C19H27FIN5O2S2. The highest BCUT2D eigenvalue weighted by molar-refractivity contribution is 14.0. The highest BCUT2D eigenvalue weighted by Gasteiger charge is 2.20. The van der Waals surface area contributed by atoms with Crippen LogP contribution in [0.5, 0.6) is 0 Å². The topological polar surface area (TPSA) is 77.0 Å². The molecule has 1 saturated heterocycles. The number of rotatable bonds is 7. The zero-order valence-corrected chi connectivity index (χ0v) is 20.7. The molecule has 0 radical (unpaired) electrons. The van der Waals surface area contributed by atoms with Crippen LogP contribution in [-0.2, 0) is 10.0 Å². The van der Waals surface area contributed by atoms with Crippen molar-refractivity contribution in [1.29, 1.82) is 0 Å². The summed E-state index contributed by atoms with van der Waals surface area (Å²) in [5, 5.41) is 5.01. The lowest BCUT2D eigenvalue weighted by Gasteiger charge is -2.37. The fraction of sp³-hybridized carbons (Fsp3) is 0.421. The minimum Gasteiger partial charge on any atom is -0.368 e. The molecule has 1 aliphatic heterocycles. The number of hydrogen-bond donors (Lipinski definition) is 2. The second-order valence-corrected chi connectivity index (χ2v) is 9.46. The Balaban J connectivity index is 0.00000320. The third-order valence-corrected chi connectivity index (χ3v) is 7.39. The molecule has 1 aromatic heterocycles. The molecule has 2 N–H and O–H groups in total. The molecule has 2 heterocycles. The standard InChI is InChI=1S/C19H26FN5O2S2.HI/c1-2-21-19(22-9-10-23-29(26,27)18-4-3-15-28-18)25-13-11-24(12-14-25)17-7-5-16(20)6-8-17;/h3-8,15,23H,2,9-14H2,1H3,(H,21,22);1H. The van der Waals surface area contributed by atoms with Crippen molar-refractivity contribution in [2.24, 2.45) is 4.99 Å². The van der Waals surface area contributed by atoms with Crippen molar-refractivity contribution in [2.45, 2.75) is 11.1 Å². The second-order valence-electron chi connectivity index (χ2n) is 6.52. The summed E-state index contributed by atoms with van der Waals surface area (Å²) in [6.07, 6.45) is 0. The maximum absolute atomic E-state index is 13.1. The number of sulfonamides is 1. The van der Waals surface area contributed by atoms with Crippen molar-refractivity contribution in [2.75, 3.05) is 50.7 Å². The van der Waals surface area contributed by atoms with E-state index < -0.39 is 10.0 Å². The Hall–Kier alpha value is -1.44. The lowest BCUT2D eigenvalue weighted by atomic mass is 10.2. The molecule has 0 amide bonds. The summed E-state index contributed by atoms with van der Waals surface area (Å²) in [4.78, 5) is 8.95. The van der Waals surface area contributed by atoms with Crippen molar-refractivity contribution in [3.05, 3.63) is 47.6 Å². The Morgan fingerprint density at radius 3 is 2.47 bits per heavy atom. The van der Waals surface area contributed by atoms with Crippen molar-refractivity contribution in [3.63, 3.8) is 0 Å². The fourth-order valence-corrected chi connectivity index (χ4v) is 5.14. The fourth-order valence-electron chi connectivity index (χ4n) is 3.08. The van der Waals surface area contributed by atoms with E-state index in [1.807, 2.05) is 6.92 Å². The average Bonchev–Trinajstić information content (AvgIpc) is 3.27. The van der Waals surface area contributed by atoms with Gasteiger partial charge in [0.1, 0.15) is 10.0 Å². The molecule has 0 atom stereocenters. The molecule has 7 nitrogen and oxygen atoms in total. The third-order valence-electron chi connectivity index (χ3n) is 4.53. The molecular weight excluding hydrogens is 540 g/mol. The Kier molecular flexibility index (Phi) is 9.78. The van der Waals surface area contributed by atoms with Crippen LogP contribution >= 0.6 is 35.3 Å². The second kappa shape index (κ2) is 11.8. The SMILES string of the molecule is CCNC(=NCCNS(=O)(=O)c1cccs1)N1CCN(c2ccc(F)cc2)CC1.I. The number of benzene rings is 1. The van der Waals surface area contributed by atoms with E-state index in [9.17, 15) is 12.8 Å². The number of hydrogen-bond acceptors (Lipinski definition) is 5. The summed E-state index contributed by atoms with van der Waals surface area (Å²) < 4.78 is 40.3. The van der Waals surface area contributed by atoms with Crippen LogP contribution < -0.4 is 14.9 Å². The van der Waals surface area contributed by atoms with Crippen LogP contribution in [0.4, 0.5) is 10.1 Å². The van der Waals surface area contributed by atoms with Gasteiger partial charge in [-0.2, -0.15) is 0 Å². The van der Waals surface area contributed by atoms with Gasteiger partial charge < -0.3 is 15.1 Å². The molecule has 1 fully saturated rings.